The Balaban J connectivity index is 2.05. The molecular weight excluding hydrogens is 334 g/mol. The van der Waals surface area contributed by atoms with E-state index in [1.807, 2.05) is 12.1 Å². The van der Waals surface area contributed by atoms with Gasteiger partial charge >= 0.3 is 6.03 Å². The van der Waals surface area contributed by atoms with E-state index in [1.165, 1.54) is 4.90 Å². The van der Waals surface area contributed by atoms with E-state index in [0.29, 0.717) is 36.1 Å². The SMILES string of the molecule is COc1cc(OC)cc([C@@H]2NC(=O)N(C)C3=C2C(=O)N(CC(C)C)C3)c1. The lowest BCUT2D eigenvalue weighted by Crippen LogP contribution is -2.45. The number of ether oxygens (including phenoxy) is 2. The average Bonchev–Trinajstić information content (AvgIpc) is 2.94. The number of likely N-dealkylation sites (N-methyl/N-ethyl adjacent to an activating group) is 1. The molecule has 1 N–H and O–H groups in total. The Morgan fingerprint density at radius 1 is 1.15 bits per heavy atom. The molecule has 0 radical (unpaired) electrons. The number of hydrogen-bond acceptors (Lipinski definition) is 4. The summed E-state index contributed by atoms with van der Waals surface area (Å²) in [6, 6.07) is 4.65. The van der Waals surface area contributed by atoms with Crippen LogP contribution in [0.5, 0.6) is 11.5 Å². The van der Waals surface area contributed by atoms with Gasteiger partial charge in [0.05, 0.1) is 38.1 Å². The Bertz CT molecular complexity index is 750. The molecule has 1 aromatic carbocycles. The number of carbonyl (C=O) groups is 2. The van der Waals surface area contributed by atoms with E-state index in [-0.39, 0.29) is 11.9 Å². The lowest BCUT2D eigenvalue weighted by Gasteiger charge is -2.31. The zero-order valence-corrected chi connectivity index (χ0v) is 15.8. The maximum Gasteiger partial charge on any atom is 0.322 e. The third-order valence-electron chi connectivity index (χ3n) is 4.73. The Hall–Kier alpha value is -2.70. The fourth-order valence-electron chi connectivity index (χ4n) is 3.46. The van der Waals surface area contributed by atoms with Crippen LogP contribution in [0.4, 0.5) is 4.79 Å². The summed E-state index contributed by atoms with van der Waals surface area (Å²) in [4.78, 5) is 28.8. The molecule has 3 amide bonds. The van der Waals surface area contributed by atoms with Gasteiger partial charge in [-0.05, 0) is 23.6 Å². The first-order valence-electron chi connectivity index (χ1n) is 8.65. The Morgan fingerprint density at radius 2 is 1.77 bits per heavy atom. The average molecular weight is 359 g/mol. The van der Waals surface area contributed by atoms with Crippen LogP contribution < -0.4 is 14.8 Å². The molecule has 2 heterocycles. The van der Waals surface area contributed by atoms with Crippen molar-refractivity contribution in [3.8, 4) is 11.5 Å². The summed E-state index contributed by atoms with van der Waals surface area (Å²) in [5.74, 6) is 1.54. The van der Waals surface area contributed by atoms with Crippen molar-refractivity contribution in [3.63, 3.8) is 0 Å². The van der Waals surface area contributed by atoms with Crippen LogP contribution in [-0.2, 0) is 4.79 Å². The van der Waals surface area contributed by atoms with E-state index < -0.39 is 6.04 Å². The minimum Gasteiger partial charge on any atom is -0.497 e. The first kappa shape index (κ1) is 18.1. The molecule has 0 bridgehead atoms. The second-order valence-electron chi connectivity index (χ2n) is 7.03. The summed E-state index contributed by atoms with van der Waals surface area (Å²) in [6.07, 6.45) is 0. The van der Waals surface area contributed by atoms with E-state index in [0.717, 1.165) is 11.3 Å². The number of methoxy groups -OCH3 is 2. The topological polar surface area (TPSA) is 71.1 Å². The normalized spacial score (nSPS) is 19.8. The van der Waals surface area contributed by atoms with Gasteiger partial charge in [0.25, 0.3) is 5.91 Å². The zero-order valence-electron chi connectivity index (χ0n) is 15.8. The third kappa shape index (κ3) is 3.09. The molecular formula is C19H25N3O4. The maximum atomic E-state index is 13.0. The highest BCUT2D eigenvalue weighted by Gasteiger charge is 2.43. The van der Waals surface area contributed by atoms with Gasteiger partial charge in [-0.25, -0.2) is 4.79 Å². The van der Waals surface area contributed by atoms with Crippen LogP contribution in [0.3, 0.4) is 0 Å². The van der Waals surface area contributed by atoms with Gasteiger partial charge in [-0.15, -0.1) is 0 Å². The van der Waals surface area contributed by atoms with Gasteiger partial charge in [0.2, 0.25) is 0 Å². The molecule has 0 aromatic heterocycles. The Kier molecular flexibility index (Phi) is 4.80. The number of nitrogens with one attached hydrogen (secondary N) is 1. The summed E-state index contributed by atoms with van der Waals surface area (Å²) in [5, 5.41) is 2.93. The van der Waals surface area contributed by atoms with Crippen LogP contribution >= 0.6 is 0 Å². The molecule has 0 aliphatic carbocycles. The molecule has 0 unspecified atom stereocenters. The van der Waals surface area contributed by atoms with Crippen molar-refractivity contribution in [2.24, 2.45) is 5.92 Å². The van der Waals surface area contributed by atoms with Crippen molar-refractivity contribution in [2.75, 3.05) is 34.4 Å². The second-order valence-corrected chi connectivity index (χ2v) is 7.03. The minimum atomic E-state index is -0.526. The van der Waals surface area contributed by atoms with Crippen molar-refractivity contribution in [1.82, 2.24) is 15.1 Å². The van der Waals surface area contributed by atoms with E-state index >= 15 is 0 Å². The van der Waals surface area contributed by atoms with Crippen molar-refractivity contribution >= 4 is 11.9 Å². The van der Waals surface area contributed by atoms with Crippen molar-refractivity contribution < 1.29 is 19.1 Å². The van der Waals surface area contributed by atoms with E-state index in [9.17, 15) is 9.59 Å². The largest absolute Gasteiger partial charge is 0.497 e. The number of amides is 3. The number of carbonyl (C=O) groups excluding carboxylic acids is 2. The predicted octanol–water partition coefficient (Wildman–Crippen LogP) is 2.15. The first-order chi connectivity index (χ1) is 12.3. The zero-order chi connectivity index (χ0) is 19.0. The van der Waals surface area contributed by atoms with Crippen molar-refractivity contribution in [1.29, 1.82) is 0 Å². The Morgan fingerprint density at radius 3 is 2.31 bits per heavy atom. The van der Waals surface area contributed by atoms with Crippen LogP contribution in [0.15, 0.2) is 29.5 Å². The molecule has 7 heteroatoms. The molecule has 0 saturated carbocycles. The highest BCUT2D eigenvalue weighted by Crippen LogP contribution is 2.38. The molecule has 0 spiro atoms. The maximum absolute atomic E-state index is 13.0. The van der Waals surface area contributed by atoms with Gasteiger partial charge in [-0.1, -0.05) is 13.8 Å². The highest BCUT2D eigenvalue weighted by molar-refractivity contribution is 6.01. The second kappa shape index (κ2) is 6.90. The standard InChI is InChI=1S/C19H25N3O4/c1-11(2)9-22-10-15-16(18(22)23)17(20-19(24)21(15)3)12-6-13(25-4)8-14(7-12)26-5/h6-8,11,17H,9-10H2,1-5H3,(H,20,24)/t17-/m0/s1. The summed E-state index contributed by atoms with van der Waals surface area (Å²) < 4.78 is 10.7. The molecule has 2 aliphatic heterocycles. The molecule has 0 saturated heterocycles. The smallest absolute Gasteiger partial charge is 0.322 e. The lowest BCUT2D eigenvalue weighted by molar-refractivity contribution is -0.126. The fraction of sp³-hybridized carbons (Fsp3) is 0.474. The van der Waals surface area contributed by atoms with Crippen LogP contribution in [0, 0.1) is 5.92 Å². The summed E-state index contributed by atoms with van der Waals surface area (Å²) >= 11 is 0. The number of hydrogen-bond donors (Lipinski definition) is 1. The minimum absolute atomic E-state index is 0.0349. The molecule has 26 heavy (non-hydrogen) atoms. The van der Waals surface area contributed by atoms with Crippen molar-refractivity contribution in [3.05, 3.63) is 35.0 Å². The van der Waals surface area contributed by atoms with E-state index in [4.69, 9.17) is 9.47 Å². The third-order valence-corrected chi connectivity index (χ3v) is 4.73. The lowest BCUT2D eigenvalue weighted by atomic mass is 9.95. The van der Waals surface area contributed by atoms with Gasteiger partial charge in [0, 0.05) is 19.7 Å². The van der Waals surface area contributed by atoms with Crippen molar-refractivity contribution in [2.45, 2.75) is 19.9 Å². The molecule has 0 fully saturated rings. The first-order valence-corrected chi connectivity index (χ1v) is 8.65. The molecule has 2 aliphatic rings. The monoisotopic (exact) mass is 359 g/mol. The summed E-state index contributed by atoms with van der Waals surface area (Å²) in [7, 11) is 4.84. The van der Waals surface area contributed by atoms with Crippen LogP contribution in [-0.4, -0.2) is 56.1 Å². The highest BCUT2D eigenvalue weighted by atomic mass is 16.5. The number of rotatable bonds is 5. The molecule has 3 rings (SSSR count). The molecule has 1 aromatic rings. The van der Waals surface area contributed by atoms with Crippen LogP contribution in [0.2, 0.25) is 0 Å². The number of nitrogens with zero attached hydrogens (tertiary/aromatic N) is 2. The molecule has 7 nitrogen and oxygen atoms in total. The molecule has 1 atom stereocenters. The van der Waals surface area contributed by atoms with E-state index in [2.05, 4.69) is 19.2 Å². The fourth-order valence-corrected chi connectivity index (χ4v) is 3.46. The number of benzene rings is 1. The van der Waals surface area contributed by atoms with Crippen LogP contribution in [0.25, 0.3) is 0 Å². The summed E-state index contributed by atoms with van der Waals surface area (Å²) in [5.41, 5.74) is 2.13. The Labute approximate surface area is 153 Å². The van der Waals surface area contributed by atoms with Gasteiger partial charge in [-0.2, -0.15) is 0 Å². The summed E-state index contributed by atoms with van der Waals surface area (Å²) in [6.45, 7) is 5.25. The number of urea groups is 1. The van der Waals surface area contributed by atoms with E-state index in [1.54, 1.807) is 32.2 Å². The van der Waals surface area contributed by atoms with Crippen LogP contribution in [0.1, 0.15) is 25.5 Å². The van der Waals surface area contributed by atoms with Gasteiger partial charge in [-0.3, -0.25) is 9.69 Å². The quantitative estimate of drug-likeness (QED) is 0.874. The van der Waals surface area contributed by atoms with Gasteiger partial charge in [0.15, 0.2) is 0 Å². The molecule has 140 valence electrons. The predicted molar refractivity (Wildman–Crippen MR) is 97.0 cm³/mol. The van der Waals surface area contributed by atoms with Gasteiger partial charge < -0.3 is 19.7 Å². The van der Waals surface area contributed by atoms with Gasteiger partial charge in [0.1, 0.15) is 11.5 Å².